The summed E-state index contributed by atoms with van der Waals surface area (Å²) in [6.45, 7) is 0. The fourth-order valence-corrected chi connectivity index (χ4v) is 3.54. The summed E-state index contributed by atoms with van der Waals surface area (Å²) in [5.41, 5.74) is 0. The van der Waals surface area contributed by atoms with Gasteiger partial charge in [-0.2, -0.15) is 0 Å². The van der Waals surface area contributed by atoms with Gasteiger partial charge in [-0.15, -0.1) is 0 Å². The molecule has 21 heteroatoms. The van der Waals surface area contributed by atoms with E-state index in [0.717, 1.165) is 0 Å². The Labute approximate surface area is 194 Å². The Balaban J connectivity index is -0.000000456. The second-order valence-corrected chi connectivity index (χ2v) is 9.64. The maximum absolute atomic E-state index is 10.9. The van der Waals surface area contributed by atoms with Gasteiger partial charge < -0.3 is 53.9 Å². The Kier molecular flexibility index (Phi) is 14.3. The van der Waals surface area contributed by atoms with Crippen molar-refractivity contribution in [2.24, 2.45) is 0 Å². The van der Waals surface area contributed by atoms with E-state index in [1.54, 1.807) is 0 Å². The van der Waals surface area contributed by atoms with Crippen LogP contribution in [0.25, 0.3) is 0 Å². The smallest absolute Gasteiger partial charge is 0.789 e. The fraction of sp³-hybridized carbons (Fsp3) is 0. The van der Waals surface area contributed by atoms with E-state index in [9.17, 15) is 28.0 Å². The van der Waals surface area contributed by atoms with E-state index in [4.69, 9.17) is 39.6 Å². The van der Waals surface area contributed by atoms with Crippen LogP contribution in [0.3, 0.4) is 0 Å². The third kappa shape index (κ3) is 14.1. The van der Waals surface area contributed by atoms with Crippen LogP contribution in [0.15, 0.2) is 12.1 Å². The molecule has 1 aromatic carbocycles. The zero-order valence-corrected chi connectivity index (χ0v) is 21.0. The molecule has 0 spiro atoms. The molecule has 0 bridgehead atoms. The maximum atomic E-state index is 10.9. The molecule has 146 valence electrons. The average Bonchev–Trinajstić information content (AvgIpc) is 2.25. The van der Waals surface area contributed by atoms with E-state index in [-0.39, 0.29) is 59.1 Å². The number of hydrogen-bond donors (Lipinski definition) is 8. The van der Waals surface area contributed by atoms with Gasteiger partial charge in [-0.1, -0.05) is 0 Å². The minimum Gasteiger partial charge on any atom is -0.789 e. The minimum absolute atomic E-state index is 0. The first-order valence-corrected chi connectivity index (χ1v) is 11.4. The predicted molar refractivity (Wildman–Crippen MR) is 73.9 cm³/mol. The average molecular weight is 492 g/mol. The number of phosphoric acid groups is 2. The van der Waals surface area contributed by atoms with Gasteiger partial charge in [0.15, 0.2) is 11.5 Å². The van der Waals surface area contributed by atoms with Crippen LogP contribution in [-0.4, -0.2) is 39.6 Å². The van der Waals surface area contributed by atoms with Gasteiger partial charge in [0.2, 0.25) is 0 Å². The summed E-state index contributed by atoms with van der Waals surface area (Å²) in [5.74, 6) is -2.12. The molecule has 0 aromatic heterocycles. The van der Waals surface area contributed by atoms with Crippen LogP contribution < -0.4 is 79.5 Å². The molecule has 1 aromatic rings. The van der Waals surface area contributed by atoms with Crippen LogP contribution in [0.2, 0.25) is 0 Å². The number of phenolic OH excluding ortho intramolecular Hbond substituents is 2. The molecule has 27 heavy (non-hydrogen) atoms. The summed E-state index contributed by atoms with van der Waals surface area (Å²) < 4.78 is 43.4. The molecular formula is C6H10Na2O15P4. The Hall–Kier alpha value is 1.38. The molecule has 8 N–H and O–H groups in total. The van der Waals surface area contributed by atoms with Gasteiger partial charge in [0.05, 0.1) is 13.1 Å². The maximum Gasteiger partial charge on any atom is 1.00 e. The van der Waals surface area contributed by atoms with Crippen LogP contribution in [0.5, 0.6) is 11.5 Å². The monoisotopic (exact) mass is 492 g/mol. The van der Waals surface area contributed by atoms with Gasteiger partial charge in [0.25, 0.3) is 0 Å². The number of aromatic hydroxyl groups is 2. The van der Waals surface area contributed by atoms with E-state index >= 15 is 0 Å². The van der Waals surface area contributed by atoms with Crippen molar-refractivity contribution >= 4 is 41.4 Å². The normalized spacial score (nSPS) is 12.1. The topological polar surface area (TPSA) is 285 Å². The summed E-state index contributed by atoms with van der Waals surface area (Å²) in [6.07, 6.45) is 0. The largest absolute Gasteiger partial charge is 1.00 e. The predicted octanol–water partition coefficient (Wildman–Crippen LogP) is -9.36. The van der Waals surface area contributed by atoms with E-state index in [1.165, 1.54) is 0 Å². The number of phenols is 2. The second-order valence-electron chi connectivity index (χ2n) is 3.94. The Bertz CT molecular complexity index is 796. The molecule has 0 aliphatic heterocycles. The van der Waals surface area contributed by atoms with Crippen LogP contribution in [-0.2, 0) is 22.6 Å². The van der Waals surface area contributed by atoms with Gasteiger partial charge in [-0.05, 0) is 12.1 Å². The summed E-state index contributed by atoms with van der Waals surface area (Å²) in [4.78, 5) is 69.2. The quantitative estimate of drug-likeness (QED) is 0.110. The minimum atomic E-state index is -5.55. The van der Waals surface area contributed by atoms with Crippen LogP contribution in [0, 0.1) is 0 Å². The van der Waals surface area contributed by atoms with Gasteiger partial charge in [-0.3, -0.25) is 13.4 Å². The Morgan fingerprint density at radius 2 is 1.19 bits per heavy atom. The first-order valence-electron chi connectivity index (χ1n) is 5.21. The molecule has 0 unspecified atom stereocenters. The number of benzene rings is 1. The molecule has 15 nitrogen and oxygen atoms in total. The van der Waals surface area contributed by atoms with E-state index in [2.05, 4.69) is 4.31 Å². The number of hydrogen-bond acceptors (Lipinski definition) is 9. The van der Waals surface area contributed by atoms with Gasteiger partial charge in [-0.25, -0.2) is 4.57 Å². The standard InChI is InChI=1S/C6H8O8P2.2Na.H4O7P2/c7-4-1-3(15(9,10)11)2-5(6(4)8)16(12,13)14;;;1-8(2,3)7-9(4,5)6/h1-2,7-8H,(H2,9,10,11)(H2,12,13,14);;;(H2,1,2,3)(H2,4,5,6)/q;2*+1;/p-2. The van der Waals surface area contributed by atoms with Crippen molar-refractivity contribution in [1.82, 2.24) is 0 Å². The molecule has 0 saturated carbocycles. The zero-order chi connectivity index (χ0) is 20.4. The molecule has 0 heterocycles. The molecule has 0 aliphatic carbocycles. The van der Waals surface area contributed by atoms with Crippen LogP contribution in [0.4, 0.5) is 0 Å². The second kappa shape index (κ2) is 11.7. The van der Waals surface area contributed by atoms with Gasteiger partial charge in [0.1, 0.15) is 5.30 Å². The Morgan fingerprint density at radius 3 is 1.41 bits per heavy atom. The molecule has 1 rings (SSSR count). The molecule has 0 amide bonds. The van der Waals surface area contributed by atoms with Crippen molar-refractivity contribution in [2.45, 2.75) is 0 Å². The molecule has 0 fully saturated rings. The van der Waals surface area contributed by atoms with E-state index in [0.29, 0.717) is 12.1 Å². The third-order valence-corrected chi connectivity index (χ3v) is 5.46. The van der Waals surface area contributed by atoms with Crippen molar-refractivity contribution in [1.29, 1.82) is 0 Å². The van der Waals surface area contributed by atoms with Crippen LogP contribution in [0.1, 0.15) is 0 Å². The fourth-order valence-electron chi connectivity index (χ4n) is 1.11. The zero-order valence-electron chi connectivity index (χ0n) is 13.4. The van der Waals surface area contributed by atoms with E-state index in [1.807, 2.05) is 0 Å². The number of rotatable bonds is 4. The molecule has 0 saturated heterocycles. The summed E-state index contributed by atoms with van der Waals surface area (Å²) in [6, 6.07) is 0.992. The molecule has 0 atom stereocenters. The molecular weight excluding hydrogens is 482 g/mol. The first kappa shape index (κ1) is 33.0. The molecule has 0 radical (unpaired) electrons. The SMILES string of the molecule is O=P(O)(O)c1cc(O)c(O)c(P(=O)(O)O)c1.O=P([O-])([O-])OP(=O)(O)O.[Na+].[Na+]. The van der Waals surface area contributed by atoms with Crippen molar-refractivity contribution < 1.29 is 131 Å². The molecule has 0 aliphatic rings. The first-order chi connectivity index (χ1) is 10.7. The van der Waals surface area contributed by atoms with Crippen molar-refractivity contribution in [2.75, 3.05) is 0 Å². The van der Waals surface area contributed by atoms with Crippen molar-refractivity contribution in [3.63, 3.8) is 0 Å². The van der Waals surface area contributed by atoms with Gasteiger partial charge in [0, 0.05) is 0 Å². The van der Waals surface area contributed by atoms with Crippen LogP contribution >= 0.6 is 30.8 Å². The van der Waals surface area contributed by atoms with Gasteiger partial charge >= 0.3 is 82.1 Å². The summed E-state index contributed by atoms with van der Waals surface area (Å²) in [5, 5.41) is 16.4. The Morgan fingerprint density at radius 1 is 0.778 bits per heavy atom. The summed E-state index contributed by atoms with van der Waals surface area (Å²) in [7, 11) is -20.4. The summed E-state index contributed by atoms with van der Waals surface area (Å²) >= 11 is 0. The van der Waals surface area contributed by atoms with Crippen molar-refractivity contribution in [3.05, 3.63) is 12.1 Å². The van der Waals surface area contributed by atoms with E-state index < -0.39 is 52.9 Å². The third-order valence-electron chi connectivity index (χ3n) is 1.91. The van der Waals surface area contributed by atoms with Crippen molar-refractivity contribution in [3.8, 4) is 11.5 Å².